The van der Waals surface area contributed by atoms with Gasteiger partial charge in [-0.15, -0.1) is 0 Å². The van der Waals surface area contributed by atoms with Crippen LogP contribution in [-0.4, -0.2) is 11.7 Å². The van der Waals surface area contributed by atoms with Crippen molar-refractivity contribution in [2.75, 3.05) is 5.32 Å². The van der Waals surface area contributed by atoms with Gasteiger partial charge in [0, 0.05) is 18.9 Å². The van der Waals surface area contributed by atoms with Gasteiger partial charge >= 0.3 is 0 Å². The number of rotatable bonds is 4. The van der Waals surface area contributed by atoms with E-state index in [2.05, 4.69) is 5.32 Å². The highest BCUT2D eigenvalue weighted by Crippen LogP contribution is 2.17. The molecule has 0 fully saturated rings. The number of para-hydroxylation sites is 1. The number of nitrogens with one attached hydrogen (secondary N) is 1. The molecule has 0 radical (unpaired) electrons. The molecule has 0 saturated carbocycles. The summed E-state index contributed by atoms with van der Waals surface area (Å²) in [5.74, 6) is -0.185. The summed E-state index contributed by atoms with van der Waals surface area (Å²) in [6, 6.07) is 16.6. The van der Waals surface area contributed by atoms with Crippen molar-refractivity contribution in [1.82, 2.24) is 0 Å². The molecule has 19 heavy (non-hydrogen) atoms. The Balaban J connectivity index is 2.21. The van der Waals surface area contributed by atoms with E-state index in [1.807, 2.05) is 30.3 Å². The molecule has 2 aromatic rings. The van der Waals surface area contributed by atoms with Crippen molar-refractivity contribution in [3.8, 4) is 0 Å². The number of ketones is 1. The Bertz CT molecular complexity index is 591. The molecule has 0 heterocycles. The summed E-state index contributed by atoms with van der Waals surface area (Å²) in [5, 5.41) is 2.68. The topological polar surface area (TPSA) is 46.2 Å². The van der Waals surface area contributed by atoms with E-state index >= 15 is 0 Å². The highest BCUT2D eigenvalue weighted by Gasteiger charge is 2.12. The number of hydrogen-bond acceptors (Lipinski definition) is 2. The average Bonchev–Trinajstić information content (AvgIpc) is 2.39. The largest absolute Gasteiger partial charge is 0.326 e. The summed E-state index contributed by atoms with van der Waals surface area (Å²) in [6.07, 6.45) is 0.331. The lowest BCUT2D eigenvalue weighted by atomic mass is 10.0. The SMILES string of the molecule is CC(=O)Nc1ccccc1C(=O)Cc1ccccc1. The third kappa shape index (κ3) is 3.52. The lowest BCUT2D eigenvalue weighted by Gasteiger charge is -2.08. The molecule has 0 saturated heterocycles. The zero-order valence-electron chi connectivity index (χ0n) is 10.7. The third-order valence-corrected chi connectivity index (χ3v) is 2.75. The predicted molar refractivity (Wildman–Crippen MR) is 75.2 cm³/mol. The molecule has 0 aliphatic carbocycles. The fraction of sp³-hybridized carbons (Fsp3) is 0.125. The van der Waals surface area contributed by atoms with Gasteiger partial charge in [-0.1, -0.05) is 42.5 Å². The number of benzene rings is 2. The van der Waals surface area contributed by atoms with Gasteiger partial charge in [0.2, 0.25) is 5.91 Å². The van der Waals surface area contributed by atoms with E-state index in [1.54, 1.807) is 24.3 Å². The Hall–Kier alpha value is -2.42. The van der Waals surface area contributed by atoms with Gasteiger partial charge in [-0.05, 0) is 17.7 Å². The quantitative estimate of drug-likeness (QED) is 0.851. The van der Waals surface area contributed by atoms with Crippen LogP contribution >= 0.6 is 0 Å². The van der Waals surface area contributed by atoms with Crippen LogP contribution in [0.1, 0.15) is 22.8 Å². The maximum absolute atomic E-state index is 12.3. The first-order valence-corrected chi connectivity index (χ1v) is 6.10. The van der Waals surface area contributed by atoms with Crippen molar-refractivity contribution in [1.29, 1.82) is 0 Å². The van der Waals surface area contributed by atoms with Gasteiger partial charge in [0.05, 0.1) is 5.69 Å². The molecule has 1 amide bonds. The average molecular weight is 253 g/mol. The van der Waals surface area contributed by atoms with Gasteiger partial charge in [0.1, 0.15) is 0 Å². The number of carbonyl (C=O) groups excluding carboxylic acids is 2. The number of anilines is 1. The molecule has 2 rings (SSSR count). The van der Waals surface area contributed by atoms with Crippen LogP contribution in [0.4, 0.5) is 5.69 Å². The van der Waals surface area contributed by atoms with Crippen LogP contribution in [0.2, 0.25) is 0 Å². The molecular weight excluding hydrogens is 238 g/mol. The van der Waals surface area contributed by atoms with Crippen LogP contribution in [0.5, 0.6) is 0 Å². The molecule has 0 bridgehead atoms. The van der Waals surface area contributed by atoms with Crippen molar-refractivity contribution in [2.24, 2.45) is 0 Å². The molecule has 0 aliphatic heterocycles. The molecule has 96 valence electrons. The lowest BCUT2D eigenvalue weighted by Crippen LogP contribution is -2.12. The summed E-state index contributed by atoms with van der Waals surface area (Å²) in [6.45, 7) is 1.43. The third-order valence-electron chi connectivity index (χ3n) is 2.75. The van der Waals surface area contributed by atoms with Gasteiger partial charge in [0.15, 0.2) is 5.78 Å². The Morgan fingerprint density at radius 3 is 2.26 bits per heavy atom. The van der Waals surface area contributed by atoms with Crippen molar-refractivity contribution < 1.29 is 9.59 Å². The smallest absolute Gasteiger partial charge is 0.221 e. The van der Waals surface area contributed by atoms with Crippen molar-refractivity contribution in [3.63, 3.8) is 0 Å². The molecular formula is C16H15NO2. The van der Waals surface area contributed by atoms with E-state index in [-0.39, 0.29) is 11.7 Å². The molecule has 0 spiro atoms. The summed E-state index contributed by atoms with van der Waals surface area (Å²) >= 11 is 0. The highest BCUT2D eigenvalue weighted by atomic mass is 16.1. The van der Waals surface area contributed by atoms with Crippen LogP contribution in [0.15, 0.2) is 54.6 Å². The van der Waals surface area contributed by atoms with E-state index < -0.39 is 0 Å². The Morgan fingerprint density at radius 1 is 0.947 bits per heavy atom. The van der Waals surface area contributed by atoms with Gasteiger partial charge in [-0.2, -0.15) is 0 Å². The Kier molecular flexibility index (Phi) is 4.08. The monoisotopic (exact) mass is 253 g/mol. The van der Waals surface area contributed by atoms with E-state index in [9.17, 15) is 9.59 Å². The molecule has 1 N–H and O–H groups in total. The lowest BCUT2D eigenvalue weighted by molar-refractivity contribution is -0.114. The number of hydrogen-bond donors (Lipinski definition) is 1. The van der Waals surface area contributed by atoms with Gasteiger partial charge in [-0.25, -0.2) is 0 Å². The second-order valence-corrected chi connectivity index (χ2v) is 4.31. The fourth-order valence-corrected chi connectivity index (χ4v) is 1.90. The molecule has 0 atom stereocenters. The first-order valence-electron chi connectivity index (χ1n) is 6.10. The van der Waals surface area contributed by atoms with Gasteiger partial charge < -0.3 is 5.32 Å². The normalized spacial score (nSPS) is 9.95. The fourth-order valence-electron chi connectivity index (χ4n) is 1.90. The Labute approximate surface area is 112 Å². The highest BCUT2D eigenvalue weighted by molar-refractivity contribution is 6.05. The zero-order chi connectivity index (χ0) is 13.7. The van der Waals surface area contributed by atoms with Crippen LogP contribution in [-0.2, 0) is 11.2 Å². The maximum Gasteiger partial charge on any atom is 0.221 e. The van der Waals surface area contributed by atoms with Crippen molar-refractivity contribution in [3.05, 3.63) is 65.7 Å². The first-order chi connectivity index (χ1) is 9.16. The van der Waals surface area contributed by atoms with E-state index in [0.717, 1.165) is 5.56 Å². The predicted octanol–water partition coefficient (Wildman–Crippen LogP) is 3.07. The number of amides is 1. The van der Waals surface area contributed by atoms with Gasteiger partial charge in [0.25, 0.3) is 0 Å². The molecule has 0 aliphatic rings. The van der Waals surface area contributed by atoms with Crippen molar-refractivity contribution >= 4 is 17.4 Å². The van der Waals surface area contributed by atoms with Crippen LogP contribution in [0.25, 0.3) is 0 Å². The minimum atomic E-state index is -0.181. The number of Topliss-reactive ketones (excluding diaryl/α,β-unsaturated/α-hetero) is 1. The minimum absolute atomic E-state index is 0.00412. The van der Waals surface area contributed by atoms with E-state index in [4.69, 9.17) is 0 Å². The van der Waals surface area contributed by atoms with Crippen molar-refractivity contribution in [2.45, 2.75) is 13.3 Å². The second-order valence-electron chi connectivity index (χ2n) is 4.31. The zero-order valence-corrected chi connectivity index (χ0v) is 10.7. The van der Waals surface area contributed by atoms with Gasteiger partial charge in [-0.3, -0.25) is 9.59 Å². The maximum atomic E-state index is 12.3. The summed E-state index contributed by atoms with van der Waals surface area (Å²) in [4.78, 5) is 23.4. The van der Waals surface area contributed by atoms with Crippen LogP contribution in [0, 0.1) is 0 Å². The van der Waals surface area contributed by atoms with E-state index in [0.29, 0.717) is 17.7 Å². The first kappa shape index (κ1) is 13.0. The number of carbonyl (C=O) groups is 2. The Morgan fingerprint density at radius 2 is 1.58 bits per heavy atom. The van der Waals surface area contributed by atoms with Crippen LogP contribution in [0.3, 0.4) is 0 Å². The van der Waals surface area contributed by atoms with E-state index in [1.165, 1.54) is 6.92 Å². The molecule has 0 aromatic heterocycles. The summed E-state index contributed by atoms with van der Waals surface area (Å²) in [5.41, 5.74) is 2.07. The standard InChI is InChI=1S/C16H15NO2/c1-12(18)17-15-10-6-5-9-14(15)16(19)11-13-7-3-2-4-8-13/h2-10H,11H2,1H3,(H,17,18). The molecule has 2 aromatic carbocycles. The summed E-state index contributed by atoms with van der Waals surface area (Å²) in [7, 11) is 0. The molecule has 3 heteroatoms. The molecule has 0 unspecified atom stereocenters. The van der Waals surface area contributed by atoms with Crippen LogP contribution < -0.4 is 5.32 Å². The second kappa shape index (κ2) is 5.96. The summed E-state index contributed by atoms with van der Waals surface area (Å²) < 4.78 is 0. The molecule has 3 nitrogen and oxygen atoms in total. The minimum Gasteiger partial charge on any atom is -0.326 e.